The molecule has 1 saturated heterocycles. The molecule has 0 radical (unpaired) electrons. The highest BCUT2D eigenvalue weighted by Crippen LogP contribution is 2.31. The smallest absolute Gasteiger partial charge is 0.325 e. The zero-order valence-electron chi connectivity index (χ0n) is 18.9. The number of hydrogen-bond acceptors (Lipinski definition) is 4. The Morgan fingerprint density at radius 2 is 1.73 bits per heavy atom. The van der Waals surface area contributed by atoms with Crippen molar-refractivity contribution in [1.82, 2.24) is 19.8 Å². The number of imidazole rings is 1. The normalized spacial score (nSPS) is 19.5. The Bertz CT molecular complexity index is 1410. The first-order valence-corrected chi connectivity index (χ1v) is 11.0. The van der Waals surface area contributed by atoms with Crippen LogP contribution in [0.5, 0.6) is 0 Å². The highest BCUT2D eigenvalue weighted by atomic mass is 16.3. The van der Waals surface area contributed by atoms with Crippen molar-refractivity contribution >= 4 is 33.7 Å². The summed E-state index contributed by atoms with van der Waals surface area (Å²) in [6.07, 6.45) is 0.746. The molecule has 168 valence electrons. The molecule has 1 fully saturated rings. The van der Waals surface area contributed by atoms with E-state index in [2.05, 4.69) is 10.3 Å². The lowest BCUT2D eigenvalue weighted by molar-refractivity contribution is -0.132. The SMILES string of the molecule is Cc1cc2ncn(CC(O)CN3C(=O)NC(C)(c4ccc5ccccc5c4)C3=O)c2cc1C. The number of β-amino-alcohol motifs (C(OH)–C–C–N with tert-alkyl or cyclic N) is 1. The van der Waals surface area contributed by atoms with Gasteiger partial charge in [0.05, 0.1) is 36.6 Å². The Labute approximate surface area is 191 Å². The first-order chi connectivity index (χ1) is 15.8. The molecular formula is C26H26N4O3. The third-order valence-electron chi connectivity index (χ3n) is 6.64. The van der Waals surface area contributed by atoms with Crippen molar-refractivity contribution in [3.63, 3.8) is 0 Å². The average Bonchev–Trinajstić information content (AvgIpc) is 3.27. The minimum absolute atomic E-state index is 0.0989. The number of aliphatic hydroxyl groups is 1. The maximum atomic E-state index is 13.3. The predicted molar refractivity (Wildman–Crippen MR) is 127 cm³/mol. The molecule has 1 aliphatic heterocycles. The Hall–Kier alpha value is -3.71. The molecule has 1 aliphatic rings. The molecule has 33 heavy (non-hydrogen) atoms. The van der Waals surface area contributed by atoms with Gasteiger partial charge in [0, 0.05) is 0 Å². The van der Waals surface area contributed by atoms with Gasteiger partial charge in [0.2, 0.25) is 0 Å². The zero-order valence-corrected chi connectivity index (χ0v) is 18.9. The number of benzene rings is 3. The molecule has 2 heterocycles. The Morgan fingerprint density at radius 3 is 2.52 bits per heavy atom. The van der Waals surface area contributed by atoms with E-state index >= 15 is 0 Å². The van der Waals surface area contributed by atoms with Gasteiger partial charge in [0.1, 0.15) is 5.54 Å². The number of carbonyl (C=O) groups excluding carboxylic acids is 2. The number of fused-ring (bicyclic) bond motifs is 2. The second kappa shape index (κ2) is 7.71. The van der Waals surface area contributed by atoms with E-state index in [1.165, 1.54) is 0 Å². The standard InChI is InChI=1S/C26H26N4O3/c1-16-10-22-23(11-17(16)2)29(15-27-22)13-21(31)14-30-24(32)26(3,28-25(30)33)20-9-8-18-6-4-5-7-19(18)12-20/h4-12,15,21,31H,13-14H2,1-3H3,(H,28,33). The summed E-state index contributed by atoms with van der Waals surface area (Å²) in [6, 6.07) is 17.2. The number of amides is 3. The van der Waals surface area contributed by atoms with Crippen LogP contribution in [0.4, 0.5) is 4.79 Å². The van der Waals surface area contributed by atoms with Gasteiger partial charge in [0.15, 0.2) is 0 Å². The van der Waals surface area contributed by atoms with Gasteiger partial charge in [-0.2, -0.15) is 0 Å². The van der Waals surface area contributed by atoms with Crippen LogP contribution in [-0.2, 0) is 16.9 Å². The number of imide groups is 1. The van der Waals surface area contributed by atoms with Crippen LogP contribution in [0.25, 0.3) is 21.8 Å². The van der Waals surface area contributed by atoms with E-state index in [-0.39, 0.29) is 19.0 Å². The first-order valence-electron chi connectivity index (χ1n) is 11.0. The lowest BCUT2D eigenvalue weighted by atomic mass is 9.90. The molecule has 1 aromatic heterocycles. The largest absolute Gasteiger partial charge is 0.389 e. The summed E-state index contributed by atoms with van der Waals surface area (Å²) in [5, 5.41) is 15.6. The monoisotopic (exact) mass is 442 g/mol. The van der Waals surface area contributed by atoms with Crippen LogP contribution in [0.2, 0.25) is 0 Å². The third-order valence-corrected chi connectivity index (χ3v) is 6.64. The van der Waals surface area contributed by atoms with Crippen molar-refractivity contribution < 1.29 is 14.7 Å². The van der Waals surface area contributed by atoms with Crippen LogP contribution in [0.15, 0.2) is 60.9 Å². The zero-order chi connectivity index (χ0) is 23.3. The number of nitrogens with zero attached hydrogens (tertiary/aromatic N) is 3. The second-order valence-electron chi connectivity index (χ2n) is 9.01. The van der Waals surface area contributed by atoms with Gasteiger partial charge in [-0.25, -0.2) is 9.78 Å². The number of nitrogens with one attached hydrogen (secondary N) is 1. The molecule has 3 aromatic carbocycles. The fourth-order valence-corrected chi connectivity index (χ4v) is 4.51. The second-order valence-corrected chi connectivity index (χ2v) is 9.01. The topological polar surface area (TPSA) is 87.5 Å². The summed E-state index contributed by atoms with van der Waals surface area (Å²) in [4.78, 5) is 31.6. The van der Waals surface area contributed by atoms with E-state index in [0.717, 1.165) is 37.8 Å². The van der Waals surface area contributed by atoms with E-state index in [0.29, 0.717) is 5.56 Å². The average molecular weight is 443 g/mol. The van der Waals surface area contributed by atoms with Gasteiger partial charge in [-0.05, 0) is 66.4 Å². The summed E-state index contributed by atoms with van der Waals surface area (Å²) < 4.78 is 1.85. The van der Waals surface area contributed by atoms with Crippen molar-refractivity contribution in [3.8, 4) is 0 Å². The van der Waals surface area contributed by atoms with Gasteiger partial charge < -0.3 is 15.0 Å². The van der Waals surface area contributed by atoms with Crippen molar-refractivity contribution in [2.45, 2.75) is 39.0 Å². The van der Waals surface area contributed by atoms with E-state index in [9.17, 15) is 14.7 Å². The minimum Gasteiger partial charge on any atom is -0.389 e. The van der Waals surface area contributed by atoms with Gasteiger partial charge in [-0.15, -0.1) is 0 Å². The van der Waals surface area contributed by atoms with Crippen LogP contribution < -0.4 is 5.32 Å². The molecule has 7 nitrogen and oxygen atoms in total. The predicted octanol–water partition coefficient (Wildman–Crippen LogP) is 3.63. The molecule has 2 unspecified atom stereocenters. The van der Waals surface area contributed by atoms with Crippen LogP contribution in [-0.4, -0.2) is 44.1 Å². The molecule has 7 heteroatoms. The highest BCUT2D eigenvalue weighted by molar-refractivity contribution is 6.07. The molecule has 0 bridgehead atoms. The lowest BCUT2D eigenvalue weighted by Gasteiger charge is -2.23. The molecule has 4 aromatic rings. The number of aryl methyl sites for hydroxylation is 2. The first kappa shape index (κ1) is 21.2. The summed E-state index contributed by atoms with van der Waals surface area (Å²) in [7, 11) is 0. The molecule has 2 atom stereocenters. The molecule has 2 N–H and O–H groups in total. The Balaban J connectivity index is 1.36. The molecule has 0 aliphatic carbocycles. The molecule has 5 rings (SSSR count). The number of aromatic nitrogens is 2. The quantitative estimate of drug-likeness (QED) is 0.462. The van der Waals surface area contributed by atoms with Gasteiger partial charge in [-0.1, -0.05) is 36.4 Å². The van der Waals surface area contributed by atoms with Crippen molar-refractivity contribution in [3.05, 3.63) is 77.6 Å². The van der Waals surface area contributed by atoms with Gasteiger partial charge in [0.25, 0.3) is 5.91 Å². The fraction of sp³-hybridized carbons (Fsp3) is 0.269. The summed E-state index contributed by atoms with van der Waals surface area (Å²) in [5.74, 6) is -0.371. The van der Waals surface area contributed by atoms with Crippen LogP contribution >= 0.6 is 0 Å². The van der Waals surface area contributed by atoms with E-state index in [4.69, 9.17) is 0 Å². The molecule has 3 amide bonds. The summed E-state index contributed by atoms with van der Waals surface area (Å²) in [6.45, 7) is 5.90. The number of carbonyl (C=O) groups is 2. The Kier molecular flexibility index (Phi) is 4.94. The molecule has 0 spiro atoms. The highest BCUT2D eigenvalue weighted by Gasteiger charge is 2.49. The van der Waals surface area contributed by atoms with Gasteiger partial charge in [-0.3, -0.25) is 9.69 Å². The maximum Gasteiger partial charge on any atom is 0.325 e. The Morgan fingerprint density at radius 1 is 1.00 bits per heavy atom. The number of urea groups is 1. The molecular weight excluding hydrogens is 416 g/mol. The van der Waals surface area contributed by atoms with Crippen LogP contribution in [0.3, 0.4) is 0 Å². The van der Waals surface area contributed by atoms with Crippen LogP contribution in [0.1, 0.15) is 23.6 Å². The third kappa shape index (κ3) is 3.54. The fourth-order valence-electron chi connectivity index (χ4n) is 4.51. The lowest BCUT2D eigenvalue weighted by Crippen LogP contribution is -2.42. The van der Waals surface area contributed by atoms with Crippen LogP contribution in [0, 0.1) is 13.8 Å². The summed E-state index contributed by atoms with van der Waals surface area (Å²) in [5.41, 5.74) is 3.58. The number of aliphatic hydroxyl groups excluding tert-OH is 1. The molecule has 0 saturated carbocycles. The van der Waals surface area contributed by atoms with Gasteiger partial charge >= 0.3 is 6.03 Å². The van der Waals surface area contributed by atoms with E-state index < -0.39 is 17.7 Å². The minimum atomic E-state index is -1.18. The van der Waals surface area contributed by atoms with Crippen molar-refractivity contribution in [2.24, 2.45) is 0 Å². The van der Waals surface area contributed by atoms with Crippen molar-refractivity contribution in [2.75, 3.05) is 6.54 Å². The summed E-state index contributed by atoms with van der Waals surface area (Å²) >= 11 is 0. The van der Waals surface area contributed by atoms with E-state index in [1.807, 2.05) is 73.0 Å². The van der Waals surface area contributed by atoms with Crippen molar-refractivity contribution in [1.29, 1.82) is 0 Å². The number of rotatable bonds is 5. The number of hydrogen-bond donors (Lipinski definition) is 2. The van der Waals surface area contributed by atoms with E-state index in [1.54, 1.807) is 13.3 Å². The maximum absolute atomic E-state index is 13.3.